The van der Waals surface area contributed by atoms with Gasteiger partial charge in [-0.15, -0.1) is 0 Å². The fourth-order valence-corrected chi connectivity index (χ4v) is 1.77. The minimum atomic E-state index is -0.417. The molecule has 1 nitrogen and oxygen atoms in total. The molecule has 0 spiro atoms. The molecule has 1 N–H and O–H groups in total. The molecule has 0 aromatic heterocycles. The van der Waals surface area contributed by atoms with Crippen LogP contribution in [0, 0.1) is 12.3 Å². The highest BCUT2D eigenvalue weighted by atomic mass is 79.9. The van der Waals surface area contributed by atoms with Crippen molar-refractivity contribution in [2.75, 3.05) is 0 Å². The van der Waals surface area contributed by atoms with Crippen LogP contribution < -0.4 is 0 Å². The van der Waals surface area contributed by atoms with E-state index in [9.17, 15) is 5.11 Å². The Kier molecular flexibility index (Phi) is 3.38. The zero-order valence-corrected chi connectivity index (χ0v) is 10.7. The molecule has 1 rings (SSSR count). The lowest BCUT2D eigenvalue weighted by atomic mass is 9.83. The fraction of sp³-hybridized carbons (Fsp3) is 0.500. The molecule has 0 aliphatic carbocycles. The summed E-state index contributed by atoms with van der Waals surface area (Å²) in [7, 11) is 0. The van der Waals surface area contributed by atoms with E-state index in [4.69, 9.17) is 0 Å². The van der Waals surface area contributed by atoms with Crippen molar-refractivity contribution < 1.29 is 5.11 Å². The van der Waals surface area contributed by atoms with E-state index in [2.05, 4.69) is 15.9 Å². The first kappa shape index (κ1) is 11.7. The Hall–Kier alpha value is -0.340. The van der Waals surface area contributed by atoms with Gasteiger partial charge >= 0.3 is 0 Å². The number of hydrogen-bond donors (Lipinski definition) is 1. The maximum atomic E-state index is 10.1. The molecule has 0 radical (unpaired) electrons. The van der Waals surface area contributed by atoms with Crippen LogP contribution >= 0.6 is 15.9 Å². The second-order valence-electron chi connectivity index (χ2n) is 4.72. The summed E-state index contributed by atoms with van der Waals surface area (Å²) in [6.07, 6.45) is -0.417. The summed E-state index contributed by atoms with van der Waals surface area (Å²) in [6.45, 7) is 8.14. The number of aliphatic hydroxyl groups excluding tert-OH is 1. The van der Waals surface area contributed by atoms with Gasteiger partial charge in [0.1, 0.15) is 0 Å². The molecular formula is C12H17BrO. The Morgan fingerprint density at radius 1 is 1.29 bits per heavy atom. The molecule has 0 aliphatic rings. The van der Waals surface area contributed by atoms with E-state index in [0.717, 1.165) is 15.6 Å². The first-order valence-electron chi connectivity index (χ1n) is 4.77. The van der Waals surface area contributed by atoms with Crippen LogP contribution in [-0.4, -0.2) is 5.11 Å². The molecule has 0 amide bonds. The van der Waals surface area contributed by atoms with Crippen molar-refractivity contribution in [3.05, 3.63) is 33.8 Å². The summed E-state index contributed by atoms with van der Waals surface area (Å²) in [5.41, 5.74) is 2.01. The molecule has 1 atom stereocenters. The maximum absolute atomic E-state index is 10.1. The van der Waals surface area contributed by atoms with Gasteiger partial charge in [0.05, 0.1) is 6.10 Å². The van der Waals surface area contributed by atoms with Gasteiger partial charge in [-0.2, -0.15) is 0 Å². The van der Waals surface area contributed by atoms with E-state index in [1.165, 1.54) is 0 Å². The van der Waals surface area contributed by atoms with Gasteiger partial charge in [-0.1, -0.05) is 48.8 Å². The molecule has 0 heterocycles. The van der Waals surface area contributed by atoms with E-state index in [1.807, 2.05) is 45.9 Å². The third-order valence-electron chi connectivity index (χ3n) is 2.42. The SMILES string of the molecule is Cc1c(Br)cccc1C(O)C(C)(C)C. The van der Waals surface area contributed by atoms with E-state index in [1.54, 1.807) is 0 Å². The molecule has 0 saturated heterocycles. The number of hydrogen-bond acceptors (Lipinski definition) is 1. The van der Waals surface area contributed by atoms with Gasteiger partial charge in [-0.3, -0.25) is 0 Å². The monoisotopic (exact) mass is 256 g/mol. The zero-order chi connectivity index (χ0) is 10.9. The van der Waals surface area contributed by atoms with Crippen LogP contribution in [0.5, 0.6) is 0 Å². The molecular weight excluding hydrogens is 240 g/mol. The van der Waals surface area contributed by atoms with Gasteiger partial charge in [0.25, 0.3) is 0 Å². The summed E-state index contributed by atoms with van der Waals surface area (Å²) in [5, 5.41) is 10.1. The molecule has 0 saturated carbocycles. The number of rotatable bonds is 1. The summed E-state index contributed by atoms with van der Waals surface area (Å²) in [5.74, 6) is 0. The molecule has 1 unspecified atom stereocenters. The molecule has 0 fully saturated rings. The van der Waals surface area contributed by atoms with Crippen LogP contribution in [0.3, 0.4) is 0 Å². The molecule has 0 bridgehead atoms. The van der Waals surface area contributed by atoms with Crippen molar-refractivity contribution in [2.24, 2.45) is 5.41 Å². The highest BCUT2D eigenvalue weighted by Crippen LogP contribution is 2.35. The van der Waals surface area contributed by atoms with Crippen molar-refractivity contribution in [2.45, 2.75) is 33.8 Å². The third kappa shape index (κ3) is 2.37. The van der Waals surface area contributed by atoms with E-state index in [0.29, 0.717) is 0 Å². The number of aliphatic hydroxyl groups is 1. The lowest BCUT2D eigenvalue weighted by Crippen LogP contribution is -2.18. The van der Waals surface area contributed by atoms with Gasteiger partial charge in [0, 0.05) is 4.47 Å². The van der Waals surface area contributed by atoms with Crippen molar-refractivity contribution in [1.82, 2.24) is 0 Å². The summed E-state index contributed by atoms with van der Waals surface area (Å²) in [4.78, 5) is 0. The lowest BCUT2D eigenvalue weighted by molar-refractivity contribution is 0.0621. The molecule has 1 aromatic carbocycles. The van der Waals surface area contributed by atoms with Gasteiger partial charge < -0.3 is 5.11 Å². The zero-order valence-electron chi connectivity index (χ0n) is 9.13. The first-order chi connectivity index (χ1) is 6.34. The third-order valence-corrected chi connectivity index (χ3v) is 3.28. The van der Waals surface area contributed by atoms with Gasteiger partial charge in [-0.25, -0.2) is 0 Å². The Balaban J connectivity index is 3.14. The maximum Gasteiger partial charge on any atom is 0.0841 e. The fourth-order valence-electron chi connectivity index (χ4n) is 1.39. The molecule has 14 heavy (non-hydrogen) atoms. The predicted octanol–water partition coefficient (Wildman–Crippen LogP) is 3.84. The summed E-state index contributed by atoms with van der Waals surface area (Å²) < 4.78 is 1.05. The second-order valence-corrected chi connectivity index (χ2v) is 5.58. The average Bonchev–Trinajstić information content (AvgIpc) is 2.07. The summed E-state index contributed by atoms with van der Waals surface area (Å²) in [6, 6.07) is 5.94. The van der Waals surface area contributed by atoms with Crippen molar-refractivity contribution in [1.29, 1.82) is 0 Å². The smallest absolute Gasteiger partial charge is 0.0841 e. The molecule has 2 heteroatoms. The van der Waals surface area contributed by atoms with Crippen LogP contribution in [0.4, 0.5) is 0 Å². The Morgan fingerprint density at radius 3 is 2.36 bits per heavy atom. The highest BCUT2D eigenvalue weighted by molar-refractivity contribution is 9.10. The number of halogens is 1. The van der Waals surface area contributed by atoms with Crippen LogP contribution in [0.25, 0.3) is 0 Å². The van der Waals surface area contributed by atoms with Crippen molar-refractivity contribution >= 4 is 15.9 Å². The normalized spacial score (nSPS) is 14.1. The average molecular weight is 257 g/mol. The van der Waals surface area contributed by atoms with E-state index < -0.39 is 6.10 Å². The largest absolute Gasteiger partial charge is 0.388 e. The van der Waals surface area contributed by atoms with Gasteiger partial charge in [0.15, 0.2) is 0 Å². The van der Waals surface area contributed by atoms with Crippen molar-refractivity contribution in [3.63, 3.8) is 0 Å². The topological polar surface area (TPSA) is 20.2 Å². The second kappa shape index (κ2) is 4.03. The first-order valence-corrected chi connectivity index (χ1v) is 5.56. The Bertz CT molecular complexity index is 326. The van der Waals surface area contributed by atoms with E-state index in [-0.39, 0.29) is 5.41 Å². The molecule has 1 aromatic rings. The highest BCUT2D eigenvalue weighted by Gasteiger charge is 2.25. The van der Waals surface area contributed by atoms with Crippen molar-refractivity contribution in [3.8, 4) is 0 Å². The number of benzene rings is 1. The standard InChI is InChI=1S/C12H17BrO/c1-8-9(6-5-7-10(8)13)11(14)12(2,3)4/h5-7,11,14H,1-4H3. The quantitative estimate of drug-likeness (QED) is 0.810. The predicted molar refractivity (Wildman–Crippen MR) is 63.3 cm³/mol. The van der Waals surface area contributed by atoms with E-state index >= 15 is 0 Å². The Labute approximate surface area is 94.3 Å². The van der Waals surface area contributed by atoms with Gasteiger partial charge in [-0.05, 0) is 29.5 Å². The molecule has 0 aliphatic heterocycles. The van der Waals surface area contributed by atoms with Crippen LogP contribution in [0.1, 0.15) is 38.0 Å². The van der Waals surface area contributed by atoms with Crippen LogP contribution in [0.2, 0.25) is 0 Å². The van der Waals surface area contributed by atoms with Crippen LogP contribution in [-0.2, 0) is 0 Å². The van der Waals surface area contributed by atoms with Gasteiger partial charge in [0.2, 0.25) is 0 Å². The minimum absolute atomic E-state index is 0.119. The summed E-state index contributed by atoms with van der Waals surface area (Å²) >= 11 is 3.47. The van der Waals surface area contributed by atoms with Crippen LogP contribution in [0.15, 0.2) is 22.7 Å². The molecule has 78 valence electrons. The Morgan fingerprint density at radius 2 is 1.86 bits per heavy atom. The minimum Gasteiger partial charge on any atom is -0.388 e. The lowest BCUT2D eigenvalue weighted by Gasteiger charge is -2.27.